The van der Waals surface area contributed by atoms with Crippen LogP contribution in [0.1, 0.15) is 50.3 Å². The first-order chi connectivity index (χ1) is 17.2. The molecule has 2 aliphatic carbocycles. The summed E-state index contributed by atoms with van der Waals surface area (Å²) in [7, 11) is 0. The van der Waals surface area contributed by atoms with Crippen molar-refractivity contribution in [1.29, 1.82) is 5.26 Å². The van der Waals surface area contributed by atoms with Gasteiger partial charge in [0, 0.05) is 18.5 Å². The molecular weight excluding hydrogens is 436 g/mol. The average molecular weight is 473 g/mol. The molecule has 0 amide bonds. The molecule has 0 bridgehead atoms. The van der Waals surface area contributed by atoms with E-state index in [1.807, 2.05) is 6.08 Å². The molecule has 2 heterocycles. The Morgan fingerprint density at radius 2 is 2.03 bits per heavy atom. The third-order valence-corrected chi connectivity index (χ3v) is 7.67. The summed E-state index contributed by atoms with van der Waals surface area (Å²) in [5, 5.41) is 18.2. The number of nitriles is 1. The van der Waals surface area contributed by atoms with E-state index < -0.39 is 0 Å². The topological polar surface area (TPSA) is 74.3 Å². The van der Waals surface area contributed by atoms with E-state index in [-0.39, 0.29) is 0 Å². The van der Waals surface area contributed by atoms with Gasteiger partial charge in [-0.25, -0.2) is 0 Å². The van der Waals surface area contributed by atoms with E-state index in [1.54, 1.807) is 0 Å². The first kappa shape index (κ1) is 23.8. The summed E-state index contributed by atoms with van der Waals surface area (Å²) in [5.74, 6) is 2.35. The van der Waals surface area contributed by atoms with Gasteiger partial charge >= 0.3 is 0 Å². The van der Waals surface area contributed by atoms with Crippen molar-refractivity contribution in [2.75, 3.05) is 32.8 Å². The molecule has 35 heavy (non-hydrogen) atoms. The summed E-state index contributed by atoms with van der Waals surface area (Å²) >= 11 is 0. The van der Waals surface area contributed by atoms with Crippen molar-refractivity contribution in [3.63, 3.8) is 0 Å². The molecule has 2 fully saturated rings. The quantitative estimate of drug-likeness (QED) is 0.477. The minimum atomic E-state index is 0.699. The fourth-order valence-corrected chi connectivity index (χ4v) is 5.14. The van der Waals surface area contributed by atoms with E-state index >= 15 is 0 Å². The second-order valence-electron chi connectivity index (χ2n) is 10.2. The van der Waals surface area contributed by atoms with Crippen molar-refractivity contribution < 1.29 is 9.26 Å². The summed E-state index contributed by atoms with van der Waals surface area (Å²) in [6.07, 6.45) is 11.0. The minimum Gasteiger partial charge on any atom is -0.493 e. The molecule has 1 saturated carbocycles. The highest BCUT2D eigenvalue weighted by Crippen LogP contribution is 2.35. The van der Waals surface area contributed by atoms with Crippen LogP contribution in [0.5, 0.6) is 5.75 Å². The maximum Gasteiger partial charge on any atom is 0.175 e. The molecule has 5 rings (SSSR count). The molecule has 184 valence electrons. The number of nitrogens with one attached hydrogen (secondary N) is 1. The zero-order chi connectivity index (χ0) is 24.2. The lowest BCUT2D eigenvalue weighted by molar-refractivity contribution is 0.192. The Morgan fingerprint density at radius 3 is 2.74 bits per heavy atom. The van der Waals surface area contributed by atoms with Crippen LogP contribution in [0, 0.1) is 23.2 Å². The fourth-order valence-electron chi connectivity index (χ4n) is 5.14. The standard InChI is InChI=1S/C29H36N4O2/c1-3-31-17-26-28(34-19-22-4-5-22)11-9-25-27(32-35-29(25)26)10-6-21-12-14-33(15-13-21)18-24-8-7-23(16-30)20(24)2/h7-9,11,21-22,31H,2-6,10,12-15,17-19H2,1H3. The van der Waals surface area contributed by atoms with Crippen molar-refractivity contribution in [1.82, 2.24) is 15.4 Å². The maximum atomic E-state index is 9.16. The van der Waals surface area contributed by atoms with Gasteiger partial charge in [0.2, 0.25) is 0 Å². The number of aryl methyl sites for hydroxylation is 1. The molecule has 1 aromatic heterocycles. The molecule has 1 saturated heterocycles. The molecular formula is C29H36N4O2. The number of likely N-dealkylation sites (tertiary alicyclic amines) is 1. The number of nitrogens with zero attached hydrogens (tertiary/aromatic N) is 3. The third kappa shape index (κ3) is 5.52. The van der Waals surface area contributed by atoms with Crippen molar-refractivity contribution in [2.45, 2.75) is 52.0 Å². The van der Waals surface area contributed by atoms with Crippen molar-refractivity contribution in [3.8, 4) is 11.8 Å². The van der Waals surface area contributed by atoms with E-state index in [4.69, 9.17) is 14.5 Å². The molecule has 1 aromatic carbocycles. The van der Waals surface area contributed by atoms with E-state index in [9.17, 15) is 0 Å². The first-order valence-electron chi connectivity index (χ1n) is 13.1. The van der Waals surface area contributed by atoms with Crippen molar-refractivity contribution >= 4 is 11.0 Å². The molecule has 1 N–H and O–H groups in total. The van der Waals surface area contributed by atoms with Crippen molar-refractivity contribution in [3.05, 3.63) is 58.8 Å². The molecule has 6 nitrogen and oxygen atoms in total. The Morgan fingerprint density at radius 1 is 1.20 bits per heavy atom. The number of allylic oxidation sites excluding steroid dienone is 3. The highest BCUT2D eigenvalue weighted by Gasteiger charge is 2.25. The second kappa shape index (κ2) is 10.8. The minimum absolute atomic E-state index is 0.699. The number of ether oxygens (including phenoxy) is 1. The number of hydrogen-bond acceptors (Lipinski definition) is 6. The van der Waals surface area contributed by atoms with Gasteiger partial charge in [-0.3, -0.25) is 4.90 Å². The van der Waals surface area contributed by atoms with Crippen LogP contribution in [0.25, 0.3) is 11.0 Å². The highest BCUT2D eigenvalue weighted by molar-refractivity contribution is 5.84. The second-order valence-corrected chi connectivity index (χ2v) is 10.2. The van der Waals surface area contributed by atoms with Crippen LogP contribution in [0.3, 0.4) is 0 Å². The van der Waals surface area contributed by atoms with Crippen LogP contribution in [0.4, 0.5) is 0 Å². The summed E-state index contributed by atoms with van der Waals surface area (Å²) in [4.78, 5) is 2.49. The Labute approximate surface area is 208 Å². The van der Waals surface area contributed by atoms with Gasteiger partial charge in [-0.2, -0.15) is 5.26 Å². The lowest BCUT2D eigenvalue weighted by atomic mass is 9.90. The number of benzene rings is 1. The van der Waals surface area contributed by atoms with Gasteiger partial charge in [0.15, 0.2) is 5.58 Å². The number of hydrogen-bond donors (Lipinski definition) is 1. The highest BCUT2D eigenvalue weighted by atomic mass is 16.5. The average Bonchev–Trinajstić information content (AvgIpc) is 3.52. The summed E-state index contributed by atoms with van der Waals surface area (Å²) in [6, 6.07) is 6.47. The van der Waals surface area contributed by atoms with Gasteiger partial charge < -0.3 is 14.6 Å². The molecule has 2 aromatic rings. The first-order valence-corrected chi connectivity index (χ1v) is 13.1. The van der Waals surface area contributed by atoms with Gasteiger partial charge in [0.1, 0.15) is 5.75 Å². The van der Waals surface area contributed by atoms with Crippen molar-refractivity contribution in [2.24, 2.45) is 11.8 Å². The largest absolute Gasteiger partial charge is 0.493 e. The Kier molecular flexibility index (Phi) is 7.36. The number of rotatable bonds is 11. The van der Waals surface area contributed by atoms with E-state index in [1.165, 1.54) is 31.3 Å². The van der Waals surface area contributed by atoms with Crippen LogP contribution in [0.2, 0.25) is 0 Å². The number of aromatic nitrogens is 1. The van der Waals surface area contributed by atoms with Crippen LogP contribution >= 0.6 is 0 Å². The molecule has 1 aliphatic heterocycles. The lowest BCUT2D eigenvalue weighted by Gasteiger charge is -2.32. The molecule has 0 unspecified atom stereocenters. The van der Waals surface area contributed by atoms with Gasteiger partial charge in [-0.15, -0.1) is 0 Å². The smallest absolute Gasteiger partial charge is 0.175 e. The monoisotopic (exact) mass is 472 g/mol. The summed E-state index contributed by atoms with van der Waals surface area (Å²) < 4.78 is 12.0. The molecule has 0 radical (unpaired) electrons. The molecule has 3 aliphatic rings. The number of fused-ring (bicyclic) bond motifs is 1. The van der Waals surface area contributed by atoms with Crippen LogP contribution in [0.15, 0.2) is 52.1 Å². The predicted octanol–water partition coefficient (Wildman–Crippen LogP) is 5.32. The zero-order valence-electron chi connectivity index (χ0n) is 20.8. The molecule has 0 atom stereocenters. The van der Waals surface area contributed by atoms with Gasteiger partial charge in [-0.05, 0) is 99.3 Å². The lowest BCUT2D eigenvalue weighted by Crippen LogP contribution is -2.35. The normalized spacial score (nSPS) is 19.1. The van der Waals surface area contributed by atoms with Crippen LogP contribution in [-0.2, 0) is 13.0 Å². The van der Waals surface area contributed by atoms with Gasteiger partial charge in [-0.1, -0.05) is 24.7 Å². The Bertz CT molecular complexity index is 1170. The molecule has 6 heteroatoms. The maximum absolute atomic E-state index is 9.16. The van der Waals surface area contributed by atoms with Crippen LogP contribution < -0.4 is 10.1 Å². The summed E-state index contributed by atoms with van der Waals surface area (Å²) in [6.45, 7) is 11.7. The third-order valence-electron chi connectivity index (χ3n) is 7.67. The van der Waals surface area contributed by atoms with Gasteiger partial charge in [0.25, 0.3) is 0 Å². The Balaban J connectivity index is 1.16. The Hall–Kier alpha value is -2.88. The zero-order valence-corrected chi connectivity index (χ0v) is 20.8. The van der Waals surface area contributed by atoms with E-state index in [0.29, 0.717) is 11.5 Å². The fraction of sp³-hybridized carbons (Fsp3) is 0.517. The van der Waals surface area contributed by atoms with Crippen LogP contribution in [-0.4, -0.2) is 42.8 Å². The van der Waals surface area contributed by atoms with E-state index in [2.05, 4.69) is 53.2 Å². The predicted molar refractivity (Wildman–Crippen MR) is 138 cm³/mol. The van der Waals surface area contributed by atoms with Gasteiger partial charge in [0.05, 0.1) is 29.5 Å². The number of piperidine rings is 1. The SMILES string of the molecule is C=C1C(C#N)=CC=C1CN1CCC(CCc2noc3c(CNCC)c(OCC4CC4)ccc23)CC1. The van der Waals surface area contributed by atoms with E-state index in [0.717, 1.165) is 91.6 Å². The summed E-state index contributed by atoms with van der Waals surface area (Å²) in [5.41, 5.74) is 5.81. The molecule has 0 spiro atoms.